The smallest absolute Gasteiger partial charge is 0.0181 e. The predicted molar refractivity (Wildman–Crippen MR) is 93.2 cm³/mol. The second kappa shape index (κ2) is 8.67. The van der Waals surface area contributed by atoms with Crippen LogP contribution in [0.5, 0.6) is 0 Å². The number of allylic oxidation sites excluding steroid dienone is 1. The fourth-order valence-electron chi connectivity index (χ4n) is 3.08. The van der Waals surface area contributed by atoms with Crippen LogP contribution in [0.4, 0.5) is 0 Å². The average molecular weight is 335 g/mol. The van der Waals surface area contributed by atoms with Crippen LogP contribution in [0.2, 0.25) is 0 Å². The van der Waals surface area contributed by atoms with E-state index in [0.717, 1.165) is 6.42 Å². The summed E-state index contributed by atoms with van der Waals surface area (Å²) in [4.78, 5) is 0. The lowest BCUT2D eigenvalue weighted by atomic mass is 9.98. The fourth-order valence-corrected chi connectivity index (χ4v) is 3.63. The Kier molecular flexibility index (Phi) is 6.86. The maximum absolute atomic E-state index is 3.65. The lowest BCUT2D eigenvalue weighted by molar-refractivity contribution is 0.575. The first-order valence-electron chi connectivity index (χ1n) is 8.29. The van der Waals surface area contributed by atoms with Gasteiger partial charge in [-0.3, -0.25) is 0 Å². The van der Waals surface area contributed by atoms with Crippen LogP contribution in [0.15, 0.2) is 22.7 Å². The van der Waals surface area contributed by atoms with Gasteiger partial charge in [0, 0.05) is 4.47 Å². The van der Waals surface area contributed by atoms with E-state index in [1.165, 1.54) is 79.0 Å². The van der Waals surface area contributed by atoms with Crippen molar-refractivity contribution in [2.45, 2.75) is 71.1 Å². The van der Waals surface area contributed by atoms with Crippen LogP contribution in [-0.4, -0.2) is 0 Å². The van der Waals surface area contributed by atoms with E-state index in [-0.39, 0.29) is 0 Å². The molecule has 1 aliphatic rings. The van der Waals surface area contributed by atoms with Gasteiger partial charge in [-0.2, -0.15) is 0 Å². The molecule has 20 heavy (non-hydrogen) atoms. The van der Waals surface area contributed by atoms with Crippen LogP contribution in [0.25, 0.3) is 6.08 Å². The minimum Gasteiger partial charge on any atom is -0.0795 e. The maximum atomic E-state index is 3.65. The normalized spacial score (nSPS) is 12.9. The van der Waals surface area contributed by atoms with Crippen LogP contribution in [-0.2, 0) is 12.8 Å². The van der Waals surface area contributed by atoms with E-state index in [9.17, 15) is 0 Å². The van der Waals surface area contributed by atoms with Gasteiger partial charge in [-0.15, -0.1) is 0 Å². The third-order valence-corrected chi connectivity index (χ3v) is 4.70. The zero-order valence-corrected chi connectivity index (χ0v) is 14.3. The van der Waals surface area contributed by atoms with Crippen molar-refractivity contribution >= 4 is 22.0 Å². The van der Waals surface area contributed by atoms with Crippen LogP contribution in [0.1, 0.15) is 75.0 Å². The molecule has 0 bridgehead atoms. The van der Waals surface area contributed by atoms with E-state index in [2.05, 4.69) is 47.1 Å². The first-order valence-corrected chi connectivity index (χ1v) is 9.08. The Morgan fingerprint density at radius 2 is 1.65 bits per heavy atom. The molecule has 0 saturated heterocycles. The van der Waals surface area contributed by atoms with Crippen molar-refractivity contribution < 1.29 is 0 Å². The summed E-state index contributed by atoms with van der Waals surface area (Å²) in [5.41, 5.74) is 4.53. The molecule has 1 aromatic rings. The minimum absolute atomic E-state index is 1.11. The third kappa shape index (κ3) is 4.77. The largest absolute Gasteiger partial charge is 0.0795 e. The summed E-state index contributed by atoms with van der Waals surface area (Å²) in [7, 11) is 0. The Hall–Kier alpha value is -0.560. The van der Waals surface area contributed by atoms with Gasteiger partial charge in [-0.05, 0) is 48.1 Å². The monoisotopic (exact) mass is 334 g/mol. The number of rotatable bonds is 9. The van der Waals surface area contributed by atoms with Crippen molar-refractivity contribution in [2.75, 3.05) is 0 Å². The topological polar surface area (TPSA) is 0 Å². The summed E-state index contributed by atoms with van der Waals surface area (Å²) < 4.78 is 1.24. The highest BCUT2D eigenvalue weighted by molar-refractivity contribution is 9.10. The van der Waals surface area contributed by atoms with E-state index < -0.39 is 0 Å². The van der Waals surface area contributed by atoms with Crippen molar-refractivity contribution in [3.05, 3.63) is 39.4 Å². The number of hydrogen-bond acceptors (Lipinski definition) is 0. The molecule has 0 saturated carbocycles. The quantitative estimate of drug-likeness (QED) is 0.440. The van der Waals surface area contributed by atoms with E-state index in [4.69, 9.17) is 0 Å². The van der Waals surface area contributed by atoms with Crippen LogP contribution in [0, 0.1) is 0 Å². The van der Waals surface area contributed by atoms with Crippen molar-refractivity contribution in [3.63, 3.8) is 0 Å². The van der Waals surface area contributed by atoms with E-state index in [1.54, 1.807) is 0 Å². The highest BCUT2D eigenvalue weighted by atomic mass is 79.9. The molecule has 2 rings (SSSR count). The molecule has 1 heteroatoms. The average Bonchev–Trinajstić information content (AvgIpc) is 2.89. The van der Waals surface area contributed by atoms with Crippen LogP contribution < -0.4 is 0 Å². The lowest BCUT2D eigenvalue weighted by Crippen LogP contribution is -1.93. The molecule has 0 radical (unpaired) electrons. The van der Waals surface area contributed by atoms with Crippen molar-refractivity contribution in [1.29, 1.82) is 0 Å². The second-order valence-electron chi connectivity index (χ2n) is 5.97. The zero-order chi connectivity index (χ0) is 14.2. The first kappa shape index (κ1) is 15.8. The molecule has 0 atom stereocenters. The zero-order valence-electron chi connectivity index (χ0n) is 12.8. The van der Waals surface area contributed by atoms with Crippen LogP contribution in [0.3, 0.4) is 0 Å². The van der Waals surface area contributed by atoms with Crippen molar-refractivity contribution in [3.8, 4) is 0 Å². The molecule has 0 unspecified atom stereocenters. The number of halogens is 1. The van der Waals surface area contributed by atoms with Gasteiger partial charge in [0.05, 0.1) is 0 Å². The number of benzene rings is 1. The summed E-state index contributed by atoms with van der Waals surface area (Å²) in [5, 5.41) is 0. The SMILES string of the molecule is CCCCCCCCCCc1cc(Br)cc2c1C=CC2. The molecule has 1 aromatic carbocycles. The summed E-state index contributed by atoms with van der Waals surface area (Å²) in [6, 6.07) is 4.59. The number of unbranched alkanes of at least 4 members (excludes halogenated alkanes) is 7. The van der Waals surface area contributed by atoms with Gasteiger partial charge in [0.15, 0.2) is 0 Å². The molecule has 110 valence electrons. The fraction of sp³-hybridized carbons (Fsp3) is 0.579. The second-order valence-corrected chi connectivity index (χ2v) is 6.88. The van der Waals surface area contributed by atoms with Gasteiger partial charge in [0.25, 0.3) is 0 Å². The molecule has 0 heterocycles. The van der Waals surface area contributed by atoms with Gasteiger partial charge < -0.3 is 0 Å². The lowest BCUT2D eigenvalue weighted by Gasteiger charge is -2.09. The van der Waals surface area contributed by atoms with Gasteiger partial charge in [-0.25, -0.2) is 0 Å². The molecular formula is C19H27Br. The Bertz CT molecular complexity index is 445. The minimum atomic E-state index is 1.11. The molecule has 0 aliphatic heterocycles. The first-order chi connectivity index (χ1) is 9.81. The Morgan fingerprint density at radius 3 is 2.40 bits per heavy atom. The van der Waals surface area contributed by atoms with E-state index >= 15 is 0 Å². The molecule has 0 N–H and O–H groups in total. The molecule has 0 aromatic heterocycles. The van der Waals surface area contributed by atoms with Gasteiger partial charge in [-0.1, -0.05) is 80.0 Å². The Balaban J connectivity index is 1.69. The van der Waals surface area contributed by atoms with Crippen molar-refractivity contribution in [2.24, 2.45) is 0 Å². The molecule has 0 nitrogen and oxygen atoms in total. The van der Waals surface area contributed by atoms with E-state index in [0.29, 0.717) is 0 Å². The molecule has 0 spiro atoms. The standard InChI is InChI=1S/C19H27Br/c1-2-3-4-5-6-7-8-9-11-16-14-18(20)15-17-12-10-13-19(16)17/h10,13-15H,2-9,11-12H2,1H3. The number of hydrogen-bond donors (Lipinski definition) is 0. The summed E-state index contributed by atoms with van der Waals surface area (Å²) >= 11 is 3.65. The number of aryl methyl sites for hydroxylation is 1. The third-order valence-electron chi connectivity index (χ3n) is 4.24. The number of fused-ring (bicyclic) bond motifs is 1. The summed E-state index contributed by atoms with van der Waals surface area (Å²) in [6.45, 7) is 2.28. The molecule has 0 fully saturated rings. The highest BCUT2D eigenvalue weighted by Crippen LogP contribution is 2.28. The summed E-state index contributed by atoms with van der Waals surface area (Å²) in [6.07, 6.45) is 18.1. The van der Waals surface area contributed by atoms with Crippen LogP contribution >= 0.6 is 15.9 Å². The van der Waals surface area contributed by atoms with Gasteiger partial charge in [0.1, 0.15) is 0 Å². The van der Waals surface area contributed by atoms with Crippen molar-refractivity contribution in [1.82, 2.24) is 0 Å². The molecule has 0 amide bonds. The maximum Gasteiger partial charge on any atom is 0.0181 e. The summed E-state index contributed by atoms with van der Waals surface area (Å²) in [5.74, 6) is 0. The van der Waals surface area contributed by atoms with Gasteiger partial charge in [0.2, 0.25) is 0 Å². The molecule has 1 aliphatic carbocycles. The highest BCUT2D eigenvalue weighted by Gasteiger charge is 2.10. The molecular weight excluding hydrogens is 308 g/mol. The Morgan fingerprint density at radius 1 is 0.950 bits per heavy atom. The Labute approximate surface area is 132 Å². The van der Waals surface area contributed by atoms with E-state index in [1.807, 2.05) is 0 Å². The van der Waals surface area contributed by atoms with Gasteiger partial charge >= 0.3 is 0 Å². The predicted octanol–water partition coefficient (Wildman–Crippen LogP) is 6.70.